The second kappa shape index (κ2) is 5.48. The molecule has 0 bridgehead atoms. The highest BCUT2D eigenvalue weighted by atomic mass is 32.1. The molecule has 2 aromatic rings. The third-order valence-electron chi connectivity index (χ3n) is 2.90. The lowest BCUT2D eigenvalue weighted by molar-refractivity contribution is 0.585. The van der Waals surface area contributed by atoms with Gasteiger partial charge < -0.3 is 5.32 Å². The molecule has 2 nitrogen and oxygen atoms in total. The number of aromatic nitrogens is 1. The van der Waals surface area contributed by atoms with Crippen LogP contribution in [0.3, 0.4) is 0 Å². The molecular weight excluding hydrogens is 278 g/mol. The third kappa shape index (κ3) is 3.33. The molecule has 0 atom stereocenters. The summed E-state index contributed by atoms with van der Waals surface area (Å²) in [5, 5.41) is 3.95. The van der Waals surface area contributed by atoms with Crippen molar-refractivity contribution >= 4 is 17.0 Å². The molecule has 20 heavy (non-hydrogen) atoms. The molecule has 0 saturated heterocycles. The van der Waals surface area contributed by atoms with Gasteiger partial charge in [0, 0.05) is 22.6 Å². The zero-order chi connectivity index (χ0) is 14.9. The predicted molar refractivity (Wildman–Crippen MR) is 79.2 cm³/mol. The van der Waals surface area contributed by atoms with Crippen molar-refractivity contribution in [1.82, 2.24) is 4.98 Å². The highest BCUT2D eigenvalue weighted by molar-refractivity contribution is 7.11. The van der Waals surface area contributed by atoms with Gasteiger partial charge in [0.05, 0.1) is 17.2 Å². The number of benzene rings is 1. The lowest BCUT2D eigenvalue weighted by Crippen LogP contribution is -2.09. The van der Waals surface area contributed by atoms with Crippen LogP contribution in [0.5, 0.6) is 0 Å². The quantitative estimate of drug-likeness (QED) is 0.892. The normalized spacial score (nSPS) is 11.7. The van der Waals surface area contributed by atoms with Crippen molar-refractivity contribution in [3.8, 4) is 0 Å². The molecule has 0 spiro atoms. The van der Waals surface area contributed by atoms with Crippen LogP contribution < -0.4 is 5.32 Å². The predicted octanol–water partition coefficient (Wildman–Crippen LogP) is 4.64. The van der Waals surface area contributed by atoms with Crippen LogP contribution >= 0.6 is 11.3 Å². The molecule has 0 aliphatic rings. The standard InChI is InChI=1S/C15H18F2N2S/c1-9-5-12(17)13(6-11(9)16)18-7-10-8-19-14(20-10)15(2,3)4/h5-6,8,18H,7H2,1-4H3. The number of hydrogen-bond donors (Lipinski definition) is 1. The molecule has 0 aliphatic heterocycles. The molecule has 0 aliphatic carbocycles. The number of hydrogen-bond acceptors (Lipinski definition) is 3. The smallest absolute Gasteiger partial charge is 0.146 e. The SMILES string of the molecule is Cc1cc(F)c(NCc2cnc(C(C)(C)C)s2)cc1F. The van der Waals surface area contributed by atoms with Gasteiger partial charge in [-0.05, 0) is 18.6 Å². The van der Waals surface area contributed by atoms with Crippen molar-refractivity contribution in [2.45, 2.75) is 39.7 Å². The summed E-state index contributed by atoms with van der Waals surface area (Å²) in [5.41, 5.74) is 0.490. The van der Waals surface area contributed by atoms with Crippen LogP contribution in [-0.4, -0.2) is 4.98 Å². The minimum atomic E-state index is -0.440. The van der Waals surface area contributed by atoms with Crippen LogP contribution in [0.2, 0.25) is 0 Å². The molecule has 0 unspecified atom stereocenters. The van der Waals surface area contributed by atoms with Gasteiger partial charge in [0.25, 0.3) is 0 Å². The molecule has 2 rings (SSSR count). The summed E-state index contributed by atoms with van der Waals surface area (Å²) in [7, 11) is 0. The van der Waals surface area contributed by atoms with Crippen LogP contribution in [0, 0.1) is 18.6 Å². The number of nitrogens with zero attached hydrogens (tertiary/aromatic N) is 1. The molecule has 5 heteroatoms. The van der Waals surface area contributed by atoms with E-state index >= 15 is 0 Å². The summed E-state index contributed by atoms with van der Waals surface area (Å²) in [6, 6.07) is 2.39. The fraction of sp³-hybridized carbons (Fsp3) is 0.400. The topological polar surface area (TPSA) is 24.9 Å². The summed E-state index contributed by atoms with van der Waals surface area (Å²) >= 11 is 1.58. The fourth-order valence-corrected chi connectivity index (χ4v) is 2.61. The summed E-state index contributed by atoms with van der Waals surface area (Å²) in [5.74, 6) is -0.849. The van der Waals surface area contributed by atoms with Crippen molar-refractivity contribution in [2.75, 3.05) is 5.32 Å². The summed E-state index contributed by atoms with van der Waals surface area (Å²) in [6.07, 6.45) is 1.78. The Morgan fingerprint density at radius 2 is 1.90 bits per heavy atom. The van der Waals surface area contributed by atoms with Gasteiger partial charge in [-0.25, -0.2) is 13.8 Å². The Labute approximate surface area is 121 Å². The summed E-state index contributed by atoms with van der Waals surface area (Å²) < 4.78 is 27.1. The largest absolute Gasteiger partial charge is 0.378 e. The van der Waals surface area contributed by atoms with Gasteiger partial charge in [0.2, 0.25) is 0 Å². The van der Waals surface area contributed by atoms with E-state index in [1.54, 1.807) is 24.5 Å². The highest BCUT2D eigenvalue weighted by Crippen LogP contribution is 2.27. The monoisotopic (exact) mass is 296 g/mol. The first-order chi connectivity index (χ1) is 9.27. The van der Waals surface area contributed by atoms with E-state index in [1.165, 1.54) is 12.1 Å². The van der Waals surface area contributed by atoms with Crippen molar-refractivity contribution < 1.29 is 8.78 Å². The minimum Gasteiger partial charge on any atom is -0.378 e. The third-order valence-corrected chi connectivity index (χ3v) is 4.32. The number of rotatable bonds is 3. The van der Waals surface area contributed by atoms with Crippen LogP contribution in [0.4, 0.5) is 14.5 Å². The van der Waals surface area contributed by atoms with Crippen molar-refractivity contribution in [3.63, 3.8) is 0 Å². The van der Waals surface area contributed by atoms with E-state index < -0.39 is 11.6 Å². The lowest BCUT2D eigenvalue weighted by Gasteiger charge is -2.13. The maximum absolute atomic E-state index is 13.7. The fourth-order valence-electron chi connectivity index (χ4n) is 1.70. The van der Waals surface area contributed by atoms with Gasteiger partial charge in [-0.3, -0.25) is 0 Å². The molecule has 0 fully saturated rings. The molecular formula is C15H18F2N2S. The number of halogens is 2. The van der Waals surface area contributed by atoms with E-state index in [-0.39, 0.29) is 11.1 Å². The van der Waals surface area contributed by atoms with Gasteiger partial charge in [-0.1, -0.05) is 20.8 Å². The first kappa shape index (κ1) is 14.9. The van der Waals surface area contributed by atoms with Gasteiger partial charge in [0.1, 0.15) is 11.6 Å². The molecule has 1 heterocycles. The molecule has 108 valence electrons. The Hall–Kier alpha value is -1.49. The zero-order valence-electron chi connectivity index (χ0n) is 12.1. The van der Waals surface area contributed by atoms with Crippen molar-refractivity contribution in [1.29, 1.82) is 0 Å². The molecule has 1 aromatic carbocycles. The van der Waals surface area contributed by atoms with E-state index in [0.717, 1.165) is 9.88 Å². The molecule has 1 N–H and O–H groups in total. The maximum atomic E-state index is 13.7. The number of nitrogens with one attached hydrogen (secondary N) is 1. The van der Waals surface area contributed by atoms with E-state index in [4.69, 9.17) is 0 Å². The first-order valence-electron chi connectivity index (χ1n) is 6.42. The van der Waals surface area contributed by atoms with Gasteiger partial charge in [0.15, 0.2) is 0 Å². The Balaban J connectivity index is 2.09. The zero-order valence-corrected chi connectivity index (χ0v) is 12.9. The second-order valence-electron chi connectivity index (χ2n) is 5.82. The Bertz CT molecular complexity index is 615. The van der Waals surface area contributed by atoms with E-state index in [0.29, 0.717) is 12.1 Å². The Morgan fingerprint density at radius 3 is 2.50 bits per heavy atom. The molecule has 0 radical (unpaired) electrons. The van der Waals surface area contributed by atoms with E-state index in [1.807, 2.05) is 0 Å². The average molecular weight is 296 g/mol. The highest BCUT2D eigenvalue weighted by Gasteiger charge is 2.18. The number of thiazole rings is 1. The van der Waals surface area contributed by atoms with Crippen molar-refractivity contribution in [3.05, 3.63) is 45.4 Å². The average Bonchev–Trinajstić information content (AvgIpc) is 2.80. The summed E-state index contributed by atoms with van der Waals surface area (Å²) in [4.78, 5) is 5.36. The Morgan fingerprint density at radius 1 is 1.20 bits per heavy atom. The van der Waals surface area contributed by atoms with Gasteiger partial charge >= 0.3 is 0 Å². The summed E-state index contributed by atoms with van der Waals surface area (Å²) in [6.45, 7) is 8.27. The minimum absolute atomic E-state index is 0.00410. The van der Waals surface area contributed by atoms with Crippen LogP contribution in [-0.2, 0) is 12.0 Å². The van der Waals surface area contributed by atoms with Gasteiger partial charge in [-0.15, -0.1) is 11.3 Å². The van der Waals surface area contributed by atoms with Gasteiger partial charge in [-0.2, -0.15) is 0 Å². The first-order valence-corrected chi connectivity index (χ1v) is 7.23. The molecule has 0 saturated carbocycles. The molecule has 1 aromatic heterocycles. The van der Waals surface area contributed by atoms with E-state index in [9.17, 15) is 8.78 Å². The maximum Gasteiger partial charge on any atom is 0.146 e. The van der Waals surface area contributed by atoms with Crippen LogP contribution in [0.15, 0.2) is 18.3 Å². The van der Waals surface area contributed by atoms with Crippen LogP contribution in [0.25, 0.3) is 0 Å². The van der Waals surface area contributed by atoms with E-state index in [2.05, 4.69) is 31.1 Å². The second-order valence-corrected chi connectivity index (χ2v) is 6.93. The Kier molecular flexibility index (Phi) is 4.09. The van der Waals surface area contributed by atoms with Crippen molar-refractivity contribution in [2.24, 2.45) is 0 Å². The number of anilines is 1. The molecule has 0 amide bonds. The number of aryl methyl sites for hydroxylation is 1. The lowest BCUT2D eigenvalue weighted by atomic mass is 9.98. The van der Waals surface area contributed by atoms with Crippen LogP contribution in [0.1, 0.15) is 36.2 Å².